The maximum atomic E-state index is 12.6. The van der Waals surface area contributed by atoms with Gasteiger partial charge in [0.05, 0.1) is 34.4 Å². The van der Waals surface area contributed by atoms with Crippen LogP contribution in [0.3, 0.4) is 0 Å². The largest absolute Gasteiger partial charge is 0.496 e. The molecule has 2 aromatic carbocycles. The molecule has 8 heteroatoms. The van der Waals surface area contributed by atoms with Crippen LogP contribution < -0.4 is 21.2 Å². The minimum atomic E-state index is -0.663. The number of ether oxygens (including phenoxy) is 1. The van der Waals surface area contributed by atoms with E-state index in [-0.39, 0.29) is 5.02 Å². The molecule has 26 heavy (non-hydrogen) atoms. The first-order chi connectivity index (χ1) is 12.3. The summed E-state index contributed by atoms with van der Waals surface area (Å²) >= 11 is 6.28. The van der Waals surface area contributed by atoms with Crippen LogP contribution in [0, 0.1) is 0 Å². The van der Waals surface area contributed by atoms with Gasteiger partial charge in [0, 0.05) is 14.1 Å². The molecule has 0 radical (unpaired) electrons. The van der Waals surface area contributed by atoms with Gasteiger partial charge in [-0.05, 0) is 24.3 Å². The standard InChI is InChI=1S/C18H16ClN3O4/c1-21-13-8-11(19)12(9-14(13)22(2)18(25)17(21)24)20-16(23)10-6-4-5-7-15(10)26-3/h4-9H,1-3H3,(H,20,23). The maximum absolute atomic E-state index is 12.6. The molecule has 0 spiro atoms. The molecule has 1 amide bonds. The quantitative estimate of drug-likeness (QED) is 0.713. The number of hydrogen-bond acceptors (Lipinski definition) is 4. The lowest BCUT2D eigenvalue weighted by Gasteiger charge is -2.14. The SMILES string of the molecule is COc1ccccc1C(=O)Nc1cc2c(cc1Cl)n(C)c(=O)c(=O)n2C. The molecule has 0 aliphatic carbocycles. The number of aryl methyl sites for hydroxylation is 2. The summed E-state index contributed by atoms with van der Waals surface area (Å²) < 4.78 is 7.65. The number of anilines is 1. The number of methoxy groups -OCH3 is 1. The summed E-state index contributed by atoms with van der Waals surface area (Å²) in [6.07, 6.45) is 0. The number of carbonyl (C=O) groups excluding carboxylic acids is 1. The topological polar surface area (TPSA) is 82.3 Å². The van der Waals surface area contributed by atoms with Crippen molar-refractivity contribution >= 4 is 34.2 Å². The number of carbonyl (C=O) groups is 1. The number of aromatic nitrogens is 2. The van der Waals surface area contributed by atoms with Crippen LogP contribution in [-0.4, -0.2) is 22.2 Å². The van der Waals surface area contributed by atoms with Gasteiger partial charge in [-0.2, -0.15) is 0 Å². The number of amides is 1. The summed E-state index contributed by atoms with van der Waals surface area (Å²) in [5, 5.41) is 2.97. The number of benzene rings is 2. The Kier molecular flexibility index (Phi) is 4.56. The van der Waals surface area contributed by atoms with E-state index in [0.29, 0.717) is 28.0 Å². The van der Waals surface area contributed by atoms with Crippen molar-refractivity contribution in [2.75, 3.05) is 12.4 Å². The fraction of sp³-hybridized carbons (Fsp3) is 0.167. The molecule has 0 saturated heterocycles. The van der Waals surface area contributed by atoms with Gasteiger partial charge in [-0.1, -0.05) is 23.7 Å². The highest BCUT2D eigenvalue weighted by Crippen LogP contribution is 2.28. The molecule has 3 aromatic rings. The first-order valence-electron chi connectivity index (χ1n) is 7.68. The zero-order valence-electron chi connectivity index (χ0n) is 14.4. The highest BCUT2D eigenvalue weighted by Gasteiger charge is 2.16. The number of nitrogens with one attached hydrogen (secondary N) is 1. The number of hydrogen-bond donors (Lipinski definition) is 1. The summed E-state index contributed by atoms with van der Waals surface area (Å²) in [6, 6.07) is 9.88. The second kappa shape index (κ2) is 6.68. The van der Waals surface area contributed by atoms with E-state index in [1.165, 1.54) is 36.4 Å². The number of nitrogens with zero attached hydrogens (tertiary/aromatic N) is 2. The van der Waals surface area contributed by atoms with Gasteiger partial charge in [-0.25, -0.2) is 0 Å². The normalized spacial score (nSPS) is 10.8. The second-order valence-electron chi connectivity index (χ2n) is 5.70. The Morgan fingerprint density at radius 1 is 1.04 bits per heavy atom. The highest BCUT2D eigenvalue weighted by atomic mass is 35.5. The Morgan fingerprint density at radius 3 is 2.23 bits per heavy atom. The van der Waals surface area contributed by atoms with Crippen molar-refractivity contribution in [1.82, 2.24) is 9.13 Å². The summed E-state index contributed by atoms with van der Waals surface area (Å²) in [5.41, 5.74) is 0.310. The van der Waals surface area contributed by atoms with E-state index in [1.807, 2.05) is 0 Å². The van der Waals surface area contributed by atoms with E-state index in [0.717, 1.165) is 0 Å². The molecule has 0 fully saturated rings. The molecule has 3 rings (SSSR count). The van der Waals surface area contributed by atoms with E-state index >= 15 is 0 Å². The first kappa shape index (κ1) is 17.8. The molecule has 134 valence electrons. The Balaban J connectivity index is 2.12. The Bertz CT molecular complexity index is 1150. The maximum Gasteiger partial charge on any atom is 0.316 e. The fourth-order valence-corrected chi connectivity index (χ4v) is 2.92. The smallest absolute Gasteiger partial charge is 0.316 e. The predicted octanol–water partition coefficient (Wildman–Crippen LogP) is 2.15. The Morgan fingerprint density at radius 2 is 1.62 bits per heavy atom. The van der Waals surface area contributed by atoms with Gasteiger partial charge < -0.3 is 19.2 Å². The summed E-state index contributed by atoms with van der Waals surface area (Å²) in [4.78, 5) is 36.5. The number of para-hydroxylation sites is 1. The molecule has 0 bridgehead atoms. The fourth-order valence-electron chi connectivity index (χ4n) is 2.71. The van der Waals surface area contributed by atoms with Crippen molar-refractivity contribution in [2.24, 2.45) is 14.1 Å². The van der Waals surface area contributed by atoms with Crippen molar-refractivity contribution in [3.63, 3.8) is 0 Å². The molecule has 0 saturated carbocycles. The van der Waals surface area contributed by atoms with E-state index < -0.39 is 17.0 Å². The number of halogens is 1. The average Bonchev–Trinajstić information content (AvgIpc) is 2.65. The van der Waals surface area contributed by atoms with Crippen LogP contribution in [0.1, 0.15) is 10.4 Å². The summed E-state index contributed by atoms with van der Waals surface area (Å²) in [6.45, 7) is 0. The monoisotopic (exact) mass is 373 g/mol. The van der Waals surface area contributed by atoms with Crippen LogP contribution in [0.2, 0.25) is 5.02 Å². The lowest BCUT2D eigenvalue weighted by molar-refractivity contribution is 0.102. The highest BCUT2D eigenvalue weighted by molar-refractivity contribution is 6.34. The van der Waals surface area contributed by atoms with Gasteiger partial charge in [0.1, 0.15) is 5.75 Å². The molecule has 0 aliphatic heterocycles. The van der Waals surface area contributed by atoms with Gasteiger partial charge in [0.15, 0.2) is 0 Å². The molecular formula is C18H16ClN3O4. The molecule has 7 nitrogen and oxygen atoms in total. The van der Waals surface area contributed by atoms with Crippen LogP contribution in [-0.2, 0) is 14.1 Å². The van der Waals surface area contributed by atoms with E-state index in [1.54, 1.807) is 30.3 Å². The molecule has 1 aromatic heterocycles. The average molecular weight is 374 g/mol. The van der Waals surface area contributed by atoms with Gasteiger partial charge in [-0.3, -0.25) is 14.4 Å². The molecular weight excluding hydrogens is 358 g/mol. The minimum absolute atomic E-state index is 0.245. The molecule has 0 atom stereocenters. The summed E-state index contributed by atoms with van der Waals surface area (Å²) in [7, 11) is 4.46. The molecule has 1 heterocycles. The van der Waals surface area contributed by atoms with Crippen LogP contribution in [0.5, 0.6) is 5.75 Å². The predicted molar refractivity (Wildman–Crippen MR) is 100 cm³/mol. The summed E-state index contributed by atoms with van der Waals surface area (Å²) in [5.74, 6) is 0.0234. The van der Waals surface area contributed by atoms with E-state index in [2.05, 4.69) is 5.32 Å². The van der Waals surface area contributed by atoms with Gasteiger partial charge in [0.25, 0.3) is 5.91 Å². The van der Waals surface area contributed by atoms with Crippen molar-refractivity contribution in [1.29, 1.82) is 0 Å². The van der Waals surface area contributed by atoms with Crippen molar-refractivity contribution in [3.05, 3.63) is 67.7 Å². The van der Waals surface area contributed by atoms with Gasteiger partial charge >= 0.3 is 11.1 Å². The second-order valence-corrected chi connectivity index (χ2v) is 6.11. The zero-order chi connectivity index (χ0) is 19.0. The van der Waals surface area contributed by atoms with Crippen molar-refractivity contribution < 1.29 is 9.53 Å². The third-order valence-corrected chi connectivity index (χ3v) is 4.49. The number of fused-ring (bicyclic) bond motifs is 1. The Hall–Kier alpha value is -3.06. The van der Waals surface area contributed by atoms with E-state index in [9.17, 15) is 14.4 Å². The van der Waals surface area contributed by atoms with Gasteiger partial charge in [0.2, 0.25) is 0 Å². The van der Waals surface area contributed by atoms with Crippen LogP contribution in [0.4, 0.5) is 5.69 Å². The number of rotatable bonds is 3. The molecule has 0 aliphatic rings. The third-order valence-electron chi connectivity index (χ3n) is 4.18. The molecule has 0 unspecified atom stereocenters. The van der Waals surface area contributed by atoms with Crippen LogP contribution in [0.25, 0.3) is 11.0 Å². The molecule has 1 N–H and O–H groups in total. The lowest BCUT2D eigenvalue weighted by atomic mass is 10.1. The van der Waals surface area contributed by atoms with E-state index in [4.69, 9.17) is 16.3 Å². The minimum Gasteiger partial charge on any atom is -0.496 e. The van der Waals surface area contributed by atoms with Crippen LogP contribution in [0.15, 0.2) is 46.0 Å². The zero-order valence-corrected chi connectivity index (χ0v) is 15.1. The lowest BCUT2D eigenvalue weighted by Crippen LogP contribution is -2.39. The Labute approximate surface area is 153 Å². The van der Waals surface area contributed by atoms with Gasteiger partial charge in [-0.15, -0.1) is 0 Å². The third kappa shape index (κ3) is 2.86. The van der Waals surface area contributed by atoms with Crippen molar-refractivity contribution in [2.45, 2.75) is 0 Å². The van der Waals surface area contributed by atoms with Crippen molar-refractivity contribution in [3.8, 4) is 5.75 Å². The van der Waals surface area contributed by atoms with Crippen LogP contribution >= 0.6 is 11.6 Å². The first-order valence-corrected chi connectivity index (χ1v) is 8.06.